The van der Waals surface area contributed by atoms with Crippen molar-refractivity contribution >= 4 is 12.0 Å². The molecule has 7 heteroatoms. The number of carbonyl (C=O) groups is 2. The van der Waals surface area contributed by atoms with E-state index in [4.69, 9.17) is 11.3 Å². The largest absolute Gasteiger partial charge is 0.444 e. The fraction of sp³-hybridized carbons (Fsp3) is 0.800. The van der Waals surface area contributed by atoms with Crippen molar-refractivity contribution in [3.8, 4) is 0 Å². The highest BCUT2D eigenvalue weighted by molar-refractivity contribution is 5.87. The molecule has 0 aliphatic carbocycles. The number of likely N-dealkylation sites (tertiary alicyclic amines) is 2. The first-order valence-corrected chi connectivity index (χ1v) is 7.50. The Balaban J connectivity index is 2.11. The van der Waals surface area contributed by atoms with Gasteiger partial charge in [-0.15, -0.1) is 0 Å². The highest BCUT2D eigenvalue weighted by Crippen LogP contribution is 2.26. The number of carbonyl (C=O) groups excluding carboxylic acids is 2. The van der Waals surface area contributed by atoms with Gasteiger partial charge in [0.1, 0.15) is 24.4 Å². The van der Waals surface area contributed by atoms with Gasteiger partial charge in [-0.3, -0.25) is 9.69 Å². The fourth-order valence-electron chi connectivity index (χ4n) is 2.79. The molecule has 2 aliphatic rings. The summed E-state index contributed by atoms with van der Waals surface area (Å²) in [6.45, 7) is 13.0. The lowest BCUT2D eigenvalue weighted by Crippen LogP contribution is -2.48. The molecule has 0 bridgehead atoms. The van der Waals surface area contributed by atoms with Crippen LogP contribution in [0.25, 0.3) is 4.85 Å². The van der Waals surface area contributed by atoms with Crippen molar-refractivity contribution in [2.45, 2.75) is 57.5 Å². The molecule has 0 aromatic heterocycles. The summed E-state index contributed by atoms with van der Waals surface area (Å²) in [5, 5.41) is 0. The van der Waals surface area contributed by atoms with E-state index in [9.17, 15) is 14.0 Å². The molecule has 0 saturated carbocycles. The van der Waals surface area contributed by atoms with Crippen molar-refractivity contribution in [2.75, 3.05) is 19.6 Å². The number of rotatable bonds is 1. The molecular weight excluding hydrogens is 289 g/mol. The molecule has 0 aromatic carbocycles. The third-order valence-corrected chi connectivity index (χ3v) is 3.82. The molecule has 2 heterocycles. The molecule has 3 atom stereocenters. The molecule has 0 N–H and O–H groups in total. The maximum Gasteiger partial charge on any atom is 0.411 e. The van der Waals surface area contributed by atoms with E-state index >= 15 is 0 Å². The van der Waals surface area contributed by atoms with Gasteiger partial charge in [0.05, 0.1) is 13.0 Å². The summed E-state index contributed by atoms with van der Waals surface area (Å²) in [5.74, 6) is -0.280. The smallest absolute Gasteiger partial charge is 0.411 e. The van der Waals surface area contributed by atoms with Crippen molar-refractivity contribution in [3.63, 3.8) is 0 Å². The number of amides is 2. The lowest BCUT2D eigenvalue weighted by Gasteiger charge is -2.29. The molecule has 0 aromatic rings. The summed E-state index contributed by atoms with van der Waals surface area (Å²) in [5.41, 5.74) is -0.668. The summed E-state index contributed by atoms with van der Waals surface area (Å²) in [7, 11) is 0. The van der Waals surface area contributed by atoms with Crippen molar-refractivity contribution in [2.24, 2.45) is 0 Å². The van der Waals surface area contributed by atoms with Gasteiger partial charge in [-0.1, -0.05) is 0 Å². The second-order valence-corrected chi connectivity index (χ2v) is 6.84. The zero-order valence-corrected chi connectivity index (χ0v) is 13.2. The normalized spacial score (nSPS) is 28.6. The molecule has 2 aliphatic heterocycles. The van der Waals surface area contributed by atoms with Gasteiger partial charge in [0.25, 0.3) is 0 Å². The van der Waals surface area contributed by atoms with E-state index in [1.807, 2.05) is 0 Å². The highest BCUT2D eigenvalue weighted by atomic mass is 19.1. The SMILES string of the molecule is [C-]#[N+][C@H]1C[C@@H](C(=O)N2CCC(F)C2)N(C(=O)OC(C)(C)C)C1. The number of ether oxygens (including phenoxy) is 1. The fourth-order valence-corrected chi connectivity index (χ4v) is 2.79. The lowest BCUT2D eigenvalue weighted by molar-refractivity contribution is -0.135. The second-order valence-electron chi connectivity index (χ2n) is 6.84. The average molecular weight is 311 g/mol. The van der Waals surface area contributed by atoms with E-state index in [1.54, 1.807) is 20.8 Å². The third-order valence-electron chi connectivity index (χ3n) is 3.82. The van der Waals surface area contributed by atoms with Crippen LogP contribution in [0.2, 0.25) is 0 Å². The maximum atomic E-state index is 13.3. The van der Waals surface area contributed by atoms with E-state index in [0.29, 0.717) is 13.0 Å². The van der Waals surface area contributed by atoms with Crippen LogP contribution in [0.3, 0.4) is 0 Å². The van der Waals surface area contributed by atoms with Crippen LogP contribution in [-0.4, -0.2) is 65.3 Å². The molecule has 2 fully saturated rings. The minimum atomic E-state index is -1.00. The summed E-state index contributed by atoms with van der Waals surface area (Å²) in [6, 6.07) is -1.13. The van der Waals surface area contributed by atoms with Gasteiger partial charge in [-0.2, -0.15) is 0 Å². The van der Waals surface area contributed by atoms with Crippen LogP contribution < -0.4 is 0 Å². The Hall–Kier alpha value is -1.84. The maximum absolute atomic E-state index is 13.3. The van der Waals surface area contributed by atoms with Crippen LogP contribution in [0.1, 0.15) is 33.6 Å². The topological polar surface area (TPSA) is 54.2 Å². The summed E-state index contributed by atoms with van der Waals surface area (Å²) in [6.07, 6.45) is -0.975. The van der Waals surface area contributed by atoms with Gasteiger partial charge >= 0.3 is 6.09 Å². The number of nitrogens with zero attached hydrogens (tertiary/aromatic N) is 3. The van der Waals surface area contributed by atoms with Crippen LogP contribution in [0, 0.1) is 6.57 Å². The van der Waals surface area contributed by atoms with Crippen LogP contribution >= 0.6 is 0 Å². The molecule has 2 saturated heterocycles. The Morgan fingerprint density at radius 2 is 2.00 bits per heavy atom. The average Bonchev–Trinajstić information content (AvgIpc) is 3.02. The number of halogens is 1. The van der Waals surface area contributed by atoms with E-state index in [1.165, 1.54) is 9.80 Å². The predicted molar refractivity (Wildman–Crippen MR) is 77.8 cm³/mol. The third kappa shape index (κ3) is 3.67. The van der Waals surface area contributed by atoms with Gasteiger partial charge < -0.3 is 14.5 Å². The quantitative estimate of drug-likeness (QED) is 0.695. The minimum Gasteiger partial charge on any atom is -0.444 e. The first kappa shape index (κ1) is 16.5. The molecule has 1 unspecified atom stereocenters. The van der Waals surface area contributed by atoms with Crippen molar-refractivity contribution in [1.29, 1.82) is 0 Å². The molecule has 6 nitrogen and oxygen atoms in total. The van der Waals surface area contributed by atoms with Crippen molar-refractivity contribution in [1.82, 2.24) is 9.80 Å². The van der Waals surface area contributed by atoms with Gasteiger partial charge in [0.2, 0.25) is 11.9 Å². The van der Waals surface area contributed by atoms with Gasteiger partial charge in [0, 0.05) is 6.54 Å². The minimum absolute atomic E-state index is 0.0696. The Kier molecular flexibility index (Phi) is 4.59. The van der Waals surface area contributed by atoms with Crippen molar-refractivity contribution < 1.29 is 18.7 Å². The zero-order chi connectivity index (χ0) is 16.5. The Morgan fingerprint density at radius 3 is 2.50 bits per heavy atom. The van der Waals surface area contributed by atoms with Crippen LogP contribution in [0.5, 0.6) is 0 Å². The Morgan fingerprint density at radius 1 is 1.32 bits per heavy atom. The van der Waals surface area contributed by atoms with Gasteiger partial charge in [-0.05, 0) is 27.2 Å². The molecule has 2 rings (SSSR count). The molecule has 2 amide bonds. The lowest BCUT2D eigenvalue weighted by atomic mass is 10.1. The van der Waals surface area contributed by atoms with Gasteiger partial charge in [0.15, 0.2) is 0 Å². The zero-order valence-electron chi connectivity index (χ0n) is 13.2. The van der Waals surface area contributed by atoms with E-state index < -0.39 is 29.9 Å². The highest BCUT2D eigenvalue weighted by Gasteiger charge is 2.46. The van der Waals surface area contributed by atoms with Crippen LogP contribution in [-0.2, 0) is 9.53 Å². The van der Waals surface area contributed by atoms with E-state index in [-0.39, 0.29) is 25.4 Å². The first-order chi connectivity index (χ1) is 10.2. The summed E-state index contributed by atoms with van der Waals surface area (Å²) >= 11 is 0. The predicted octanol–water partition coefficient (Wildman–Crippen LogP) is 1.85. The standard InChI is InChI=1S/C15H22FN3O3/c1-15(2,3)22-14(21)19-9-11(17-4)7-12(19)13(20)18-6-5-10(16)8-18/h10-12H,5-9H2,1-3H3/t10?,11-,12-/m0/s1. The Labute approximate surface area is 130 Å². The summed E-state index contributed by atoms with van der Waals surface area (Å²) in [4.78, 5) is 31.0. The monoisotopic (exact) mass is 311 g/mol. The van der Waals surface area contributed by atoms with Gasteiger partial charge in [-0.25, -0.2) is 15.8 Å². The molecule has 0 radical (unpaired) electrons. The van der Waals surface area contributed by atoms with Crippen LogP contribution in [0.15, 0.2) is 0 Å². The number of alkyl halides is 1. The molecule has 22 heavy (non-hydrogen) atoms. The molecular formula is C15H22FN3O3. The van der Waals surface area contributed by atoms with E-state index in [2.05, 4.69) is 4.85 Å². The van der Waals surface area contributed by atoms with Crippen LogP contribution in [0.4, 0.5) is 9.18 Å². The second kappa shape index (κ2) is 6.11. The molecule has 122 valence electrons. The first-order valence-electron chi connectivity index (χ1n) is 7.50. The number of hydrogen-bond donors (Lipinski definition) is 0. The van der Waals surface area contributed by atoms with E-state index in [0.717, 1.165) is 0 Å². The summed E-state index contributed by atoms with van der Waals surface area (Å²) < 4.78 is 18.6. The molecule has 0 spiro atoms. The van der Waals surface area contributed by atoms with Crippen molar-refractivity contribution in [3.05, 3.63) is 11.4 Å². The Bertz CT molecular complexity index is 497. The number of hydrogen-bond acceptors (Lipinski definition) is 3.